The highest BCUT2D eigenvalue weighted by molar-refractivity contribution is 5.54. The third-order valence-electron chi connectivity index (χ3n) is 3.76. The predicted octanol–water partition coefficient (Wildman–Crippen LogP) is 2.40. The van der Waals surface area contributed by atoms with E-state index in [0.29, 0.717) is 26.2 Å². The van der Waals surface area contributed by atoms with Crippen LogP contribution in [0.1, 0.15) is 11.1 Å². The summed E-state index contributed by atoms with van der Waals surface area (Å²) in [4.78, 5) is 3.65. The summed E-state index contributed by atoms with van der Waals surface area (Å²) in [5, 5.41) is 3.11. The number of alkyl halides is 3. The zero-order valence-corrected chi connectivity index (χ0v) is 12.5. The number of anilines is 1. The lowest BCUT2D eigenvalue weighted by atomic mass is 10.1. The summed E-state index contributed by atoms with van der Waals surface area (Å²) in [5.74, 6) is 0. The average Bonchev–Trinajstić information content (AvgIpc) is 2.39. The molecule has 1 aromatic carbocycles. The van der Waals surface area contributed by atoms with Gasteiger partial charge >= 0.3 is 6.18 Å². The van der Waals surface area contributed by atoms with Crippen molar-refractivity contribution in [1.29, 1.82) is 0 Å². The average molecular weight is 301 g/mol. The van der Waals surface area contributed by atoms with E-state index in [-0.39, 0.29) is 0 Å². The SMILES string of the molecule is CNCc1ccc(N2CCN(CC(F)(F)F)CC2)c(C)c1. The summed E-state index contributed by atoms with van der Waals surface area (Å²) in [6.45, 7) is 4.26. The van der Waals surface area contributed by atoms with Crippen molar-refractivity contribution in [2.24, 2.45) is 0 Å². The number of hydrogen-bond acceptors (Lipinski definition) is 3. The minimum Gasteiger partial charge on any atom is -0.369 e. The van der Waals surface area contributed by atoms with Crippen LogP contribution in [-0.2, 0) is 6.54 Å². The van der Waals surface area contributed by atoms with Gasteiger partial charge in [-0.1, -0.05) is 12.1 Å². The molecule has 0 bridgehead atoms. The van der Waals surface area contributed by atoms with E-state index >= 15 is 0 Å². The second-order valence-corrected chi connectivity index (χ2v) is 5.53. The Bertz CT molecular complexity index is 466. The Kier molecular flexibility index (Phi) is 5.11. The molecule has 0 aromatic heterocycles. The van der Waals surface area contributed by atoms with Crippen molar-refractivity contribution >= 4 is 5.69 Å². The Labute approximate surface area is 123 Å². The lowest BCUT2D eigenvalue weighted by molar-refractivity contribution is -0.146. The number of aryl methyl sites for hydroxylation is 1. The molecular weight excluding hydrogens is 279 g/mol. The van der Waals surface area contributed by atoms with E-state index in [1.165, 1.54) is 16.0 Å². The van der Waals surface area contributed by atoms with Gasteiger partial charge in [0.15, 0.2) is 0 Å². The highest BCUT2D eigenvalue weighted by Crippen LogP contribution is 2.24. The molecule has 0 aliphatic carbocycles. The van der Waals surface area contributed by atoms with Gasteiger partial charge in [0.1, 0.15) is 0 Å². The molecule has 118 valence electrons. The fraction of sp³-hybridized carbons (Fsp3) is 0.600. The minimum atomic E-state index is -4.10. The van der Waals surface area contributed by atoms with Gasteiger partial charge in [0.25, 0.3) is 0 Å². The molecule has 0 saturated carbocycles. The zero-order chi connectivity index (χ0) is 15.5. The molecule has 0 unspecified atom stereocenters. The van der Waals surface area contributed by atoms with E-state index < -0.39 is 12.7 Å². The monoisotopic (exact) mass is 301 g/mol. The van der Waals surface area contributed by atoms with Crippen molar-refractivity contribution < 1.29 is 13.2 Å². The van der Waals surface area contributed by atoms with Crippen LogP contribution < -0.4 is 10.2 Å². The lowest BCUT2D eigenvalue weighted by Crippen LogP contribution is -2.49. The highest BCUT2D eigenvalue weighted by atomic mass is 19.4. The molecule has 1 heterocycles. The Balaban J connectivity index is 1.96. The van der Waals surface area contributed by atoms with Gasteiger partial charge in [-0.25, -0.2) is 0 Å². The first kappa shape index (κ1) is 16.1. The first-order valence-electron chi connectivity index (χ1n) is 7.17. The lowest BCUT2D eigenvalue weighted by Gasteiger charge is -2.37. The van der Waals surface area contributed by atoms with Gasteiger partial charge in [0.05, 0.1) is 6.54 Å². The molecule has 21 heavy (non-hydrogen) atoms. The Morgan fingerprint density at radius 3 is 2.33 bits per heavy atom. The van der Waals surface area contributed by atoms with Gasteiger partial charge in [-0.2, -0.15) is 13.2 Å². The molecule has 0 amide bonds. The fourth-order valence-corrected chi connectivity index (χ4v) is 2.79. The maximum Gasteiger partial charge on any atom is 0.401 e. The van der Waals surface area contributed by atoms with Crippen molar-refractivity contribution in [2.75, 3.05) is 44.7 Å². The fourth-order valence-electron chi connectivity index (χ4n) is 2.79. The van der Waals surface area contributed by atoms with Crippen molar-refractivity contribution in [3.05, 3.63) is 29.3 Å². The predicted molar refractivity (Wildman–Crippen MR) is 78.7 cm³/mol. The summed E-state index contributed by atoms with van der Waals surface area (Å²) >= 11 is 0. The first-order chi connectivity index (χ1) is 9.89. The first-order valence-corrected chi connectivity index (χ1v) is 7.17. The molecule has 0 radical (unpaired) electrons. The number of rotatable bonds is 4. The van der Waals surface area contributed by atoms with Gasteiger partial charge in [-0.3, -0.25) is 4.90 Å². The van der Waals surface area contributed by atoms with E-state index in [4.69, 9.17) is 0 Å². The second-order valence-electron chi connectivity index (χ2n) is 5.53. The molecule has 1 fully saturated rings. The van der Waals surface area contributed by atoms with Crippen LogP contribution in [0, 0.1) is 6.92 Å². The van der Waals surface area contributed by atoms with Crippen LogP contribution in [0.25, 0.3) is 0 Å². The van der Waals surface area contributed by atoms with Crippen LogP contribution in [0.4, 0.5) is 18.9 Å². The van der Waals surface area contributed by atoms with E-state index in [1.54, 1.807) is 0 Å². The smallest absolute Gasteiger partial charge is 0.369 e. The van der Waals surface area contributed by atoms with E-state index in [1.807, 2.05) is 7.05 Å². The summed E-state index contributed by atoms with van der Waals surface area (Å²) in [7, 11) is 1.91. The summed E-state index contributed by atoms with van der Waals surface area (Å²) in [6, 6.07) is 6.27. The third-order valence-corrected chi connectivity index (χ3v) is 3.76. The maximum atomic E-state index is 12.4. The van der Waals surface area contributed by atoms with Crippen molar-refractivity contribution in [3.8, 4) is 0 Å². The van der Waals surface area contributed by atoms with Gasteiger partial charge in [-0.05, 0) is 31.2 Å². The summed E-state index contributed by atoms with van der Waals surface area (Å²) in [6.07, 6.45) is -4.10. The van der Waals surface area contributed by atoms with Crippen LogP contribution in [0.5, 0.6) is 0 Å². The molecule has 1 N–H and O–H groups in total. The Hall–Kier alpha value is -1.27. The van der Waals surface area contributed by atoms with Crippen LogP contribution in [-0.4, -0.2) is 50.8 Å². The van der Waals surface area contributed by atoms with Crippen LogP contribution in [0.3, 0.4) is 0 Å². The largest absolute Gasteiger partial charge is 0.401 e. The van der Waals surface area contributed by atoms with E-state index in [0.717, 1.165) is 12.2 Å². The molecule has 3 nitrogen and oxygen atoms in total. The maximum absolute atomic E-state index is 12.4. The normalized spacial score (nSPS) is 17.3. The molecular formula is C15H22F3N3. The Morgan fingerprint density at radius 2 is 1.81 bits per heavy atom. The number of piperazine rings is 1. The number of hydrogen-bond donors (Lipinski definition) is 1. The van der Waals surface area contributed by atoms with Crippen LogP contribution in [0.2, 0.25) is 0 Å². The second kappa shape index (κ2) is 6.66. The van der Waals surface area contributed by atoms with Gasteiger partial charge in [-0.15, -0.1) is 0 Å². The van der Waals surface area contributed by atoms with Crippen LogP contribution in [0.15, 0.2) is 18.2 Å². The number of halogens is 3. The van der Waals surface area contributed by atoms with Crippen molar-refractivity contribution in [1.82, 2.24) is 10.2 Å². The topological polar surface area (TPSA) is 18.5 Å². The third kappa shape index (κ3) is 4.61. The summed E-state index contributed by atoms with van der Waals surface area (Å²) < 4.78 is 37.1. The molecule has 1 aliphatic heterocycles. The van der Waals surface area contributed by atoms with Crippen molar-refractivity contribution in [3.63, 3.8) is 0 Å². The quantitative estimate of drug-likeness (QED) is 0.921. The van der Waals surface area contributed by atoms with Crippen LogP contribution >= 0.6 is 0 Å². The standard InChI is InChI=1S/C15H22F3N3/c1-12-9-13(10-19-2)3-4-14(12)21-7-5-20(6-8-21)11-15(16,17)18/h3-4,9,19H,5-8,10-11H2,1-2H3. The number of benzene rings is 1. The molecule has 0 atom stereocenters. The minimum absolute atomic E-state index is 0.456. The molecule has 2 rings (SSSR count). The molecule has 0 spiro atoms. The van der Waals surface area contributed by atoms with Gasteiger partial charge in [0.2, 0.25) is 0 Å². The molecule has 1 aliphatic rings. The number of nitrogens with one attached hydrogen (secondary N) is 1. The van der Waals surface area contributed by atoms with Gasteiger partial charge < -0.3 is 10.2 Å². The number of nitrogens with zero attached hydrogens (tertiary/aromatic N) is 2. The van der Waals surface area contributed by atoms with Gasteiger partial charge in [0, 0.05) is 38.4 Å². The summed E-state index contributed by atoms with van der Waals surface area (Å²) in [5.41, 5.74) is 3.52. The van der Waals surface area contributed by atoms with E-state index in [2.05, 4.69) is 35.3 Å². The van der Waals surface area contributed by atoms with Crippen molar-refractivity contribution in [2.45, 2.75) is 19.6 Å². The molecule has 6 heteroatoms. The zero-order valence-electron chi connectivity index (χ0n) is 12.5. The highest BCUT2D eigenvalue weighted by Gasteiger charge is 2.32. The molecule has 1 saturated heterocycles. The molecule has 1 aromatic rings. The van der Waals surface area contributed by atoms with E-state index in [9.17, 15) is 13.2 Å². The Morgan fingerprint density at radius 1 is 1.14 bits per heavy atom.